The largest absolute Gasteiger partial charge is 0.350 e. The molecule has 4 heteroatoms. The monoisotopic (exact) mass is 241 g/mol. The number of ketones is 1. The van der Waals surface area contributed by atoms with E-state index < -0.39 is 0 Å². The molecule has 1 aromatic carbocycles. The minimum absolute atomic E-state index is 0.197. The van der Waals surface area contributed by atoms with Crippen molar-refractivity contribution >= 4 is 11.6 Å². The molecule has 0 unspecified atom stereocenters. The zero-order valence-electron chi connectivity index (χ0n) is 10.3. The lowest BCUT2D eigenvalue weighted by Crippen LogP contribution is -2.31. The SMILES string of the molecule is Cn1cc2c(n1)N(Cc1ccccc1)CCC2=O. The van der Waals surface area contributed by atoms with Crippen molar-refractivity contribution in [2.45, 2.75) is 13.0 Å². The van der Waals surface area contributed by atoms with Gasteiger partial charge in [0.25, 0.3) is 0 Å². The van der Waals surface area contributed by atoms with E-state index in [0.29, 0.717) is 6.42 Å². The molecule has 0 amide bonds. The van der Waals surface area contributed by atoms with Crippen molar-refractivity contribution in [3.05, 3.63) is 47.7 Å². The Hall–Kier alpha value is -2.10. The van der Waals surface area contributed by atoms with E-state index in [0.717, 1.165) is 24.5 Å². The van der Waals surface area contributed by atoms with Crippen LogP contribution in [-0.2, 0) is 13.6 Å². The summed E-state index contributed by atoms with van der Waals surface area (Å²) < 4.78 is 1.71. The normalized spacial score (nSPS) is 14.7. The van der Waals surface area contributed by atoms with Gasteiger partial charge in [0.1, 0.15) is 0 Å². The number of hydrogen-bond donors (Lipinski definition) is 0. The molecule has 1 aliphatic rings. The smallest absolute Gasteiger partial charge is 0.169 e. The minimum Gasteiger partial charge on any atom is -0.350 e. The molecule has 3 rings (SSSR count). The number of rotatable bonds is 2. The molecule has 0 bridgehead atoms. The van der Waals surface area contributed by atoms with Gasteiger partial charge in [-0.05, 0) is 5.56 Å². The predicted octanol–water partition coefficient (Wildman–Crippen LogP) is 2.01. The van der Waals surface area contributed by atoms with Gasteiger partial charge in [0.05, 0.1) is 5.56 Å². The number of aromatic nitrogens is 2. The molecule has 4 nitrogen and oxygen atoms in total. The van der Waals surface area contributed by atoms with Crippen molar-refractivity contribution in [3.63, 3.8) is 0 Å². The standard InChI is InChI=1S/C14H15N3O/c1-16-10-12-13(18)7-8-17(14(12)15-16)9-11-5-3-2-4-6-11/h2-6,10H,7-9H2,1H3. The average molecular weight is 241 g/mol. The molecule has 0 saturated carbocycles. The van der Waals surface area contributed by atoms with Gasteiger partial charge in [0.15, 0.2) is 11.6 Å². The fourth-order valence-corrected chi connectivity index (χ4v) is 2.34. The number of nitrogens with zero attached hydrogens (tertiary/aromatic N) is 3. The van der Waals surface area contributed by atoms with Crippen LogP contribution in [0.15, 0.2) is 36.5 Å². The number of aryl methyl sites for hydroxylation is 1. The first-order valence-corrected chi connectivity index (χ1v) is 6.10. The molecule has 92 valence electrons. The van der Waals surface area contributed by atoms with E-state index in [9.17, 15) is 4.79 Å². The van der Waals surface area contributed by atoms with Gasteiger partial charge in [-0.3, -0.25) is 9.48 Å². The fourth-order valence-electron chi connectivity index (χ4n) is 2.34. The quantitative estimate of drug-likeness (QED) is 0.807. The Labute approximate surface area is 106 Å². The van der Waals surface area contributed by atoms with Crippen LogP contribution in [0.2, 0.25) is 0 Å². The average Bonchev–Trinajstić information content (AvgIpc) is 2.77. The van der Waals surface area contributed by atoms with Crippen molar-refractivity contribution in [2.75, 3.05) is 11.4 Å². The summed E-state index contributed by atoms with van der Waals surface area (Å²) in [6.45, 7) is 1.55. The number of fused-ring (bicyclic) bond motifs is 1. The molecule has 0 radical (unpaired) electrons. The van der Waals surface area contributed by atoms with Gasteiger partial charge in [-0.25, -0.2) is 0 Å². The fraction of sp³-hybridized carbons (Fsp3) is 0.286. The third-order valence-electron chi connectivity index (χ3n) is 3.23. The maximum atomic E-state index is 11.8. The number of carbonyl (C=O) groups excluding carboxylic acids is 1. The topological polar surface area (TPSA) is 38.1 Å². The Kier molecular flexibility index (Phi) is 2.63. The first kappa shape index (κ1) is 11.0. The van der Waals surface area contributed by atoms with Crippen molar-refractivity contribution < 1.29 is 4.79 Å². The number of Topliss-reactive ketones (excluding diaryl/α,β-unsaturated/α-hetero) is 1. The van der Waals surface area contributed by atoms with E-state index >= 15 is 0 Å². The molecule has 0 aliphatic carbocycles. The Morgan fingerprint density at radius 3 is 2.83 bits per heavy atom. The van der Waals surface area contributed by atoms with Crippen LogP contribution >= 0.6 is 0 Å². The molecule has 0 atom stereocenters. The zero-order chi connectivity index (χ0) is 12.5. The Bertz CT molecular complexity index is 574. The van der Waals surface area contributed by atoms with Crippen molar-refractivity contribution in [1.29, 1.82) is 0 Å². The van der Waals surface area contributed by atoms with Gasteiger partial charge in [-0.15, -0.1) is 0 Å². The third-order valence-corrected chi connectivity index (χ3v) is 3.23. The van der Waals surface area contributed by atoms with E-state index in [-0.39, 0.29) is 5.78 Å². The first-order chi connectivity index (χ1) is 8.74. The third kappa shape index (κ3) is 1.90. The maximum absolute atomic E-state index is 11.8. The second-order valence-corrected chi connectivity index (χ2v) is 4.62. The summed E-state index contributed by atoms with van der Waals surface area (Å²) >= 11 is 0. The van der Waals surface area contributed by atoms with E-state index in [1.165, 1.54) is 5.56 Å². The van der Waals surface area contributed by atoms with Crippen molar-refractivity contribution in [3.8, 4) is 0 Å². The summed E-state index contributed by atoms with van der Waals surface area (Å²) in [5.41, 5.74) is 1.99. The molecule has 0 saturated heterocycles. The van der Waals surface area contributed by atoms with E-state index in [4.69, 9.17) is 0 Å². The lowest BCUT2D eigenvalue weighted by Gasteiger charge is -2.26. The highest BCUT2D eigenvalue weighted by atomic mass is 16.1. The predicted molar refractivity (Wildman–Crippen MR) is 69.6 cm³/mol. The zero-order valence-corrected chi connectivity index (χ0v) is 10.3. The molecular formula is C14H15N3O. The van der Waals surface area contributed by atoms with Crippen LogP contribution in [0.5, 0.6) is 0 Å². The lowest BCUT2D eigenvalue weighted by molar-refractivity contribution is 0.0979. The molecule has 1 aromatic heterocycles. The Morgan fingerprint density at radius 1 is 1.28 bits per heavy atom. The minimum atomic E-state index is 0.197. The second-order valence-electron chi connectivity index (χ2n) is 4.62. The van der Waals surface area contributed by atoms with Crippen LogP contribution in [0.1, 0.15) is 22.3 Å². The summed E-state index contributed by atoms with van der Waals surface area (Å²) in [6.07, 6.45) is 2.39. The van der Waals surface area contributed by atoms with Gasteiger partial charge in [-0.1, -0.05) is 30.3 Å². The molecule has 18 heavy (non-hydrogen) atoms. The molecule has 2 heterocycles. The van der Waals surface area contributed by atoms with Crippen LogP contribution in [0, 0.1) is 0 Å². The van der Waals surface area contributed by atoms with Gasteiger partial charge in [-0.2, -0.15) is 5.10 Å². The molecule has 0 spiro atoms. The van der Waals surface area contributed by atoms with Crippen LogP contribution < -0.4 is 4.90 Å². The Balaban J connectivity index is 1.91. The summed E-state index contributed by atoms with van der Waals surface area (Å²) in [4.78, 5) is 14.0. The second kappa shape index (κ2) is 4.29. The van der Waals surface area contributed by atoms with Gasteiger partial charge in [0.2, 0.25) is 0 Å². The van der Waals surface area contributed by atoms with E-state index in [1.807, 2.05) is 31.4 Å². The van der Waals surface area contributed by atoms with E-state index in [1.54, 1.807) is 4.68 Å². The van der Waals surface area contributed by atoms with Gasteiger partial charge >= 0.3 is 0 Å². The van der Waals surface area contributed by atoms with Crippen molar-refractivity contribution in [2.24, 2.45) is 7.05 Å². The molecular weight excluding hydrogens is 226 g/mol. The number of hydrogen-bond acceptors (Lipinski definition) is 3. The summed E-state index contributed by atoms with van der Waals surface area (Å²) in [5, 5.41) is 4.40. The molecule has 1 aliphatic heterocycles. The van der Waals surface area contributed by atoms with E-state index in [2.05, 4.69) is 22.1 Å². The molecule has 0 fully saturated rings. The number of anilines is 1. The van der Waals surface area contributed by atoms with Crippen LogP contribution in [0.3, 0.4) is 0 Å². The van der Waals surface area contributed by atoms with Crippen molar-refractivity contribution in [1.82, 2.24) is 9.78 Å². The van der Waals surface area contributed by atoms with Gasteiger partial charge in [0, 0.05) is 32.8 Å². The number of benzene rings is 1. The lowest BCUT2D eigenvalue weighted by atomic mass is 10.1. The molecule has 2 aromatic rings. The highest BCUT2D eigenvalue weighted by Gasteiger charge is 2.26. The maximum Gasteiger partial charge on any atom is 0.169 e. The highest BCUT2D eigenvalue weighted by molar-refractivity contribution is 6.02. The summed E-state index contributed by atoms with van der Waals surface area (Å²) in [5.74, 6) is 1.01. The van der Waals surface area contributed by atoms with Gasteiger partial charge < -0.3 is 4.90 Å². The van der Waals surface area contributed by atoms with Crippen LogP contribution in [0.4, 0.5) is 5.82 Å². The van der Waals surface area contributed by atoms with Crippen LogP contribution in [0.25, 0.3) is 0 Å². The Morgan fingerprint density at radius 2 is 2.06 bits per heavy atom. The first-order valence-electron chi connectivity index (χ1n) is 6.10. The van der Waals surface area contributed by atoms with Crippen LogP contribution in [-0.4, -0.2) is 22.1 Å². The highest BCUT2D eigenvalue weighted by Crippen LogP contribution is 2.26. The summed E-state index contributed by atoms with van der Waals surface area (Å²) in [7, 11) is 1.85. The summed E-state index contributed by atoms with van der Waals surface area (Å²) in [6, 6.07) is 10.3. The number of carbonyl (C=O) groups is 1. The molecule has 0 N–H and O–H groups in total.